The van der Waals surface area contributed by atoms with E-state index in [1.54, 1.807) is 13.8 Å². The number of carboxylic acid groups (broad SMARTS) is 1. The van der Waals surface area contributed by atoms with Crippen molar-refractivity contribution in [2.45, 2.75) is 26.3 Å². The monoisotopic (exact) mass is 213 g/mol. The number of carbonyl (C=O) groups is 1. The Balaban J connectivity index is 2.91. The predicted molar refractivity (Wildman–Crippen MR) is 50.6 cm³/mol. The van der Waals surface area contributed by atoms with Gasteiger partial charge in [-0.1, -0.05) is 0 Å². The molecule has 7 heteroatoms. The highest BCUT2D eigenvalue weighted by Gasteiger charge is 2.21. The van der Waals surface area contributed by atoms with Gasteiger partial charge in [0.25, 0.3) is 0 Å². The minimum Gasteiger partial charge on any atom is -0.481 e. The molecule has 82 valence electrons. The van der Waals surface area contributed by atoms with Crippen LogP contribution in [0.25, 0.3) is 0 Å². The fourth-order valence-electron chi connectivity index (χ4n) is 1.23. The molecule has 1 atom stereocenters. The summed E-state index contributed by atoms with van der Waals surface area (Å²) < 4.78 is 1.31. The van der Waals surface area contributed by atoms with Crippen molar-refractivity contribution in [3.05, 3.63) is 21.9 Å². The SMILES string of the molecule is Cc1cn([C@H](C)CC(=O)O)nc1[N+](=O)[O-]. The van der Waals surface area contributed by atoms with Crippen LogP contribution in [0.1, 0.15) is 24.9 Å². The fourth-order valence-corrected chi connectivity index (χ4v) is 1.23. The molecular weight excluding hydrogens is 202 g/mol. The minimum absolute atomic E-state index is 0.113. The third-order valence-corrected chi connectivity index (χ3v) is 1.98. The maximum atomic E-state index is 10.5. The molecule has 0 amide bonds. The normalized spacial score (nSPS) is 12.4. The molecule has 0 saturated carbocycles. The molecule has 1 rings (SSSR count). The fraction of sp³-hybridized carbons (Fsp3) is 0.500. The number of hydrogen-bond acceptors (Lipinski definition) is 4. The van der Waals surface area contributed by atoms with E-state index < -0.39 is 16.9 Å². The Kier molecular flexibility index (Phi) is 3.03. The number of nitro groups is 1. The summed E-state index contributed by atoms with van der Waals surface area (Å²) in [4.78, 5) is 20.3. The molecule has 0 bridgehead atoms. The lowest BCUT2D eigenvalue weighted by atomic mass is 10.2. The molecule has 0 unspecified atom stereocenters. The topological polar surface area (TPSA) is 98.3 Å². The van der Waals surface area contributed by atoms with Gasteiger partial charge in [-0.2, -0.15) is 4.68 Å². The van der Waals surface area contributed by atoms with E-state index in [1.807, 2.05) is 0 Å². The van der Waals surface area contributed by atoms with Gasteiger partial charge < -0.3 is 15.2 Å². The van der Waals surface area contributed by atoms with Crippen LogP contribution in [-0.4, -0.2) is 25.8 Å². The lowest BCUT2D eigenvalue weighted by Crippen LogP contribution is -2.11. The number of aromatic nitrogens is 2. The lowest BCUT2D eigenvalue weighted by Gasteiger charge is -2.03. The van der Waals surface area contributed by atoms with Crippen LogP contribution in [-0.2, 0) is 4.79 Å². The van der Waals surface area contributed by atoms with E-state index in [0.717, 1.165) is 0 Å². The van der Waals surface area contributed by atoms with Crippen LogP contribution in [0.3, 0.4) is 0 Å². The first-order chi connectivity index (χ1) is 6.91. The third kappa shape index (κ3) is 2.52. The summed E-state index contributed by atoms with van der Waals surface area (Å²) in [6.07, 6.45) is 1.37. The summed E-state index contributed by atoms with van der Waals surface area (Å²) in [6, 6.07) is -0.394. The number of carboxylic acids is 1. The Hall–Kier alpha value is -1.92. The summed E-state index contributed by atoms with van der Waals surface area (Å²) in [5.74, 6) is -1.19. The largest absolute Gasteiger partial charge is 0.481 e. The first-order valence-corrected chi connectivity index (χ1v) is 4.33. The molecule has 7 nitrogen and oxygen atoms in total. The number of hydrogen-bond donors (Lipinski definition) is 1. The highest BCUT2D eigenvalue weighted by Crippen LogP contribution is 2.18. The van der Waals surface area contributed by atoms with Gasteiger partial charge >= 0.3 is 11.8 Å². The van der Waals surface area contributed by atoms with E-state index in [9.17, 15) is 14.9 Å². The Morgan fingerprint density at radius 2 is 2.40 bits per heavy atom. The van der Waals surface area contributed by atoms with Crippen molar-refractivity contribution >= 4 is 11.8 Å². The molecule has 1 aromatic rings. The van der Waals surface area contributed by atoms with Gasteiger partial charge in [0, 0.05) is 0 Å². The van der Waals surface area contributed by atoms with Gasteiger partial charge in [0.1, 0.15) is 0 Å². The van der Waals surface area contributed by atoms with Crippen molar-refractivity contribution in [3.8, 4) is 0 Å². The van der Waals surface area contributed by atoms with Crippen molar-refractivity contribution < 1.29 is 14.8 Å². The lowest BCUT2D eigenvalue weighted by molar-refractivity contribution is -0.390. The number of rotatable bonds is 4. The second kappa shape index (κ2) is 4.07. The molecule has 1 N–H and O–H groups in total. The molecule has 0 saturated heterocycles. The molecule has 15 heavy (non-hydrogen) atoms. The van der Waals surface area contributed by atoms with Crippen LogP contribution in [0.5, 0.6) is 0 Å². The van der Waals surface area contributed by atoms with Crippen LogP contribution in [0.4, 0.5) is 5.82 Å². The third-order valence-electron chi connectivity index (χ3n) is 1.98. The predicted octanol–water partition coefficient (Wildman–Crippen LogP) is 1.14. The van der Waals surface area contributed by atoms with Gasteiger partial charge in [-0.05, 0) is 18.8 Å². The second-order valence-electron chi connectivity index (χ2n) is 3.32. The smallest absolute Gasteiger partial charge is 0.392 e. The van der Waals surface area contributed by atoms with E-state index in [0.29, 0.717) is 5.56 Å². The van der Waals surface area contributed by atoms with Gasteiger partial charge in [-0.25, -0.2) is 0 Å². The maximum absolute atomic E-state index is 10.5. The van der Waals surface area contributed by atoms with Gasteiger partial charge in [0.05, 0.1) is 29.3 Å². The van der Waals surface area contributed by atoms with Crippen LogP contribution < -0.4 is 0 Å². The van der Waals surface area contributed by atoms with Gasteiger partial charge in [-0.3, -0.25) is 4.79 Å². The zero-order chi connectivity index (χ0) is 11.6. The summed E-state index contributed by atoms with van der Waals surface area (Å²) in [7, 11) is 0. The number of nitrogens with zero attached hydrogens (tertiary/aromatic N) is 3. The Labute approximate surface area is 85.5 Å². The molecule has 0 aliphatic rings. The molecular formula is C8H11N3O4. The average Bonchev–Trinajstić information content (AvgIpc) is 2.46. The second-order valence-corrected chi connectivity index (χ2v) is 3.32. The molecule has 0 spiro atoms. The molecule has 0 aliphatic carbocycles. The number of aliphatic carboxylic acids is 1. The average molecular weight is 213 g/mol. The van der Waals surface area contributed by atoms with E-state index in [2.05, 4.69) is 5.10 Å². The molecule has 0 aromatic carbocycles. The molecule has 1 aromatic heterocycles. The zero-order valence-electron chi connectivity index (χ0n) is 8.38. The maximum Gasteiger partial charge on any atom is 0.392 e. The number of aryl methyl sites for hydroxylation is 1. The van der Waals surface area contributed by atoms with Crippen molar-refractivity contribution in [2.75, 3.05) is 0 Å². The minimum atomic E-state index is -0.960. The molecule has 0 fully saturated rings. The van der Waals surface area contributed by atoms with Crippen LogP contribution >= 0.6 is 0 Å². The van der Waals surface area contributed by atoms with Crippen molar-refractivity contribution in [1.29, 1.82) is 0 Å². The van der Waals surface area contributed by atoms with E-state index in [-0.39, 0.29) is 12.2 Å². The van der Waals surface area contributed by atoms with Gasteiger partial charge in [-0.15, -0.1) is 0 Å². The Bertz CT molecular complexity index is 399. The van der Waals surface area contributed by atoms with Crippen molar-refractivity contribution in [2.24, 2.45) is 0 Å². The summed E-state index contributed by atoms with van der Waals surface area (Å²) in [5, 5.41) is 22.8. The zero-order valence-corrected chi connectivity index (χ0v) is 8.38. The van der Waals surface area contributed by atoms with E-state index >= 15 is 0 Å². The van der Waals surface area contributed by atoms with Gasteiger partial charge in [0.2, 0.25) is 0 Å². The quantitative estimate of drug-likeness (QED) is 0.597. The highest BCUT2D eigenvalue weighted by molar-refractivity contribution is 5.67. The van der Waals surface area contributed by atoms with Crippen LogP contribution in [0.15, 0.2) is 6.20 Å². The van der Waals surface area contributed by atoms with Crippen LogP contribution in [0.2, 0.25) is 0 Å². The molecule has 0 radical (unpaired) electrons. The Morgan fingerprint density at radius 3 is 2.80 bits per heavy atom. The Morgan fingerprint density at radius 1 is 1.80 bits per heavy atom. The van der Waals surface area contributed by atoms with Crippen molar-refractivity contribution in [3.63, 3.8) is 0 Å². The van der Waals surface area contributed by atoms with Crippen LogP contribution in [0, 0.1) is 17.0 Å². The van der Waals surface area contributed by atoms with Gasteiger partial charge in [0.15, 0.2) is 0 Å². The van der Waals surface area contributed by atoms with E-state index in [4.69, 9.17) is 5.11 Å². The van der Waals surface area contributed by atoms with Crippen molar-refractivity contribution in [1.82, 2.24) is 9.78 Å². The first-order valence-electron chi connectivity index (χ1n) is 4.33. The standard InChI is InChI=1S/C8H11N3O4/c1-5-4-10(6(2)3-7(12)13)9-8(5)11(14)15/h4,6H,3H2,1-2H3,(H,12,13)/t6-/m1/s1. The summed E-state index contributed by atoms with van der Waals surface area (Å²) >= 11 is 0. The molecule has 1 heterocycles. The summed E-state index contributed by atoms with van der Waals surface area (Å²) in [5.41, 5.74) is 0.428. The van der Waals surface area contributed by atoms with E-state index in [1.165, 1.54) is 10.9 Å². The first kappa shape index (κ1) is 11.2. The molecule has 0 aliphatic heterocycles. The summed E-state index contributed by atoms with van der Waals surface area (Å²) in [6.45, 7) is 3.21. The highest BCUT2D eigenvalue weighted by atomic mass is 16.6.